The molecule has 1 aromatic carbocycles. The Morgan fingerprint density at radius 2 is 2.07 bits per heavy atom. The molecule has 0 saturated heterocycles. The van der Waals surface area contributed by atoms with Crippen LogP contribution in [-0.4, -0.2) is 12.5 Å². The molecular weight excluding hydrogens is 178 g/mol. The van der Waals surface area contributed by atoms with Crippen LogP contribution in [0.2, 0.25) is 0 Å². The molecule has 0 spiro atoms. The summed E-state index contributed by atoms with van der Waals surface area (Å²) in [6.45, 7) is 2.41. The highest BCUT2D eigenvalue weighted by atomic mass is 16.5. The monoisotopic (exact) mass is 193 g/mol. The first kappa shape index (κ1) is 10.7. The molecule has 0 unspecified atom stereocenters. The van der Waals surface area contributed by atoms with E-state index in [4.69, 9.17) is 10.5 Å². The zero-order valence-corrected chi connectivity index (χ0v) is 8.27. The van der Waals surface area contributed by atoms with E-state index in [0.717, 1.165) is 5.56 Å². The smallest absolute Gasteiger partial charge is 0.310 e. The molecule has 76 valence electrons. The van der Waals surface area contributed by atoms with Gasteiger partial charge in [0.25, 0.3) is 0 Å². The molecule has 3 nitrogen and oxygen atoms in total. The van der Waals surface area contributed by atoms with Crippen LogP contribution in [0.3, 0.4) is 0 Å². The number of hydrogen-bond donors (Lipinski definition) is 1. The Kier molecular flexibility index (Phi) is 4.13. The number of ether oxygens (including phenoxy) is 1. The van der Waals surface area contributed by atoms with E-state index in [1.807, 2.05) is 30.3 Å². The molecule has 0 heterocycles. The van der Waals surface area contributed by atoms with Crippen LogP contribution in [0.25, 0.3) is 0 Å². The van der Waals surface area contributed by atoms with Crippen molar-refractivity contribution in [3.63, 3.8) is 0 Å². The molecule has 0 radical (unpaired) electrons. The molecule has 0 saturated carbocycles. The van der Waals surface area contributed by atoms with Crippen molar-refractivity contribution < 1.29 is 9.53 Å². The van der Waals surface area contributed by atoms with E-state index >= 15 is 0 Å². The summed E-state index contributed by atoms with van der Waals surface area (Å²) < 4.78 is 5.06. The number of nitrogens with two attached hydrogens (primary N) is 1. The van der Waals surface area contributed by atoms with Gasteiger partial charge in [0.15, 0.2) is 0 Å². The Bertz CT molecular complexity index is 285. The second-order valence-electron chi connectivity index (χ2n) is 3.23. The maximum absolute atomic E-state index is 11.2. The van der Waals surface area contributed by atoms with Crippen molar-refractivity contribution in [3.8, 4) is 0 Å². The Hall–Kier alpha value is -1.35. The summed E-state index contributed by atoms with van der Waals surface area (Å²) in [6, 6.07) is 9.58. The lowest BCUT2D eigenvalue weighted by molar-refractivity contribution is -0.148. The number of rotatable bonds is 4. The van der Waals surface area contributed by atoms with E-state index in [1.165, 1.54) is 0 Å². The zero-order chi connectivity index (χ0) is 10.4. The molecule has 0 fully saturated rings. The normalized spacial score (nSPS) is 12.1. The molecule has 0 aromatic heterocycles. The standard InChI is InChI=1S/C11H15NO2/c1-9(7-12)11(13)14-8-10-5-3-2-4-6-10/h2-6,9H,7-8,12H2,1H3/t9-/m0/s1. The van der Waals surface area contributed by atoms with Gasteiger partial charge in [0.1, 0.15) is 6.61 Å². The molecule has 0 amide bonds. The number of benzene rings is 1. The quantitative estimate of drug-likeness (QED) is 0.734. The second kappa shape index (κ2) is 5.40. The highest BCUT2D eigenvalue weighted by Crippen LogP contribution is 2.03. The first-order chi connectivity index (χ1) is 6.74. The van der Waals surface area contributed by atoms with Crippen molar-refractivity contribution in [2.24, 2.45) is 11.7 Å². The van der Waals surface area contributed by atoms with E-state index < -0.39 is 0 Å². The fraction of sp³-hybridized carbons (Fsp3) is 0.364. The number of carbonyl (C=O) groups is 1. The van der Waals surface area contributed by atoms with Crippen LogP contribution in [0, 0.1) is 5.92 Å². The van der Waals surface area contributed by atoms with E-state index in [2.05, 4.69) is 0 Å². The van der Waals surface area contributed by atoms with Gasteiger partial charge in [0.05, 0.1) is 5.92 Å². The lowest BCUT2D eigenvalue weighted by Gasteiger charge is -2.08. The average molecular weight is 193 g/mol. The van der Waals surface area contributed by atoms with Gasteiger partial charge in [-0.2, -0.15) is 0 Å². The average Bonchev–Trinajstić information content (AvgIpc) is 2.26. The summed E-state index contributed by atoms with van der Waals surface area (Å²) >= 11 is 0. The third-order valence-electron chi connectivity index (χ3n) is 1.98. The van der Waals surface area contributed by atoms with Crippen molar-refractivity contribution in [2.75, 3.05) is 6.54 Å². The summed E-state index contributed by atoms with van der Waals surface area (Å²) in [5.74, 6) is -0.463. The zero-order valence-electron chi connectivity index (χ0n) is 8.27. The van der Waals surface area contributed by atoms with Crippen molar-refractivity contribution in [1.29, 1.82) is 0 Å². The topological polar surface area (TPSA) is 52.3 Å². The van der Waals surface area contributed by atoms with Gasteiger partial charge in [-0.05, 0) is 5.56 Å². The molecule has 0 aliphatic heterocycles. The van der Waals surface area contributed by atoms with E-state index in [0.29, 0.717) is 13.2 Å². The lowest BCUT2D eigenvalue weighted by Crippen LogP contribution is -2.22. The highest BCUT2D eigenvalue weighted by Gasteiger charge is 2.11. The minimum atomic E-state index is -0.239. The third-order valence-corrected chi connectivity index (χ3v) is 1.98. The molecule has 2 N–H and O–H groups in total. The molecule has 1 rings (SSSR count). The predicted octanol–water partition coefficient (Wildman–Crippen LogP) is 1.32. The van der Waals surface area contributed by atoms with Gasteiger partial charge in [0, 0.05) is 6.54 Å². The van der Waals surface area contributed by atoms with Crippen molar-refractivity contribution in [1.82, 2.24) is 0 Å². The van der Waals surface area contributed by atoms with Crippen LogP contribution in [0.4, 0.5) is 0 Å². The fourth-order valence-corrected chi connectivity index (χ4v) is 0.967. The van der Waals surface area contributed by atoms with Gasteiger partial charge >= 0.3 is 5.97 Å². The van der Waals surface area contributed by atoms with E-state index in [9.17, 15) is 4.79 Å². The summed E-state index contributed by atoms with van der Waals surface area (Å²) in [5.41, 5.74) is 6.33. The Labute approximate surface area is 83.9 Å². The molecular formula is C11H15NO2. The van der Waals surface area contributed by atoms with Gasteiger partial charge in [-0.15, -0.1) is 0 Å². The molecule has 3 heteroatoms. The van der Waals surface area contributed by atoms with Crippen LogP contribution in [0.5, 0.6) is 0 Å². The van der Waals surface area contributed by atoms with Crippen LogP contribution in [0.15, 0.2) is 30.3 Å². The van der Waals surface area contributed by atoms with Crippen LogP contribution in [0.1, 0.15) is 12.5 Å². The molecule has 0 bridgehead atoms. The highest BCUT2D eigenvalue weighted by molar-refractivity contribution is 5.72. The first-order valence-electron chi connectivity index (χ1n) is 4.64. The Morgan fingerprint density at radius 3 is 2.64 bits per heavy atom. The van der Waals surface area contributed by atoms with Crippen LogP contribution >= 0.6 is 0 Å². The SMILES string of the molecule is C[C@@H](CN)C(=O)OCc1ccccc1. The minimum absolute atomic E-state index is 0.223. The summed E-state index contributed by atoms with van der Waals surface area (Å²) in [7, 11) is 0. The maximum atomic E-state index is 11.2. The number of hydrogen-bond acceptors (Lipinski definition) is 3. The first-order valence-corrected chi connectivity index (χ1v) is 4.64. The lowest BCUT2D eigenvalue weighted by atomic mass is 10.2. The third kappa shape index (κ3) is 3.18. The van der Waals surface area contributed by atoms with Crippen molar-refractivity contribution in [2.45, 2.75) is 13.5 Å². The molecule has 14 heavy (non-hydrogen) atoms. The van der Waals surface area contributed by atoms with E-state index in [-0.39, 0.29) is 11.9 Å². The Balaban J connectivity index is 2.38. The Morgan fingerprint density at radius 1 is 1.43 bits per heavy atom. The predicted molar refractivity (Wildman–Crippen MR) is 54.5 cm³/mol. The van der Waals surface area contributed by atoms with Gasteiger partial charge in [-0.25, -0.2) is 0 Å². The van der Waals surface area contributed by atoms with Gasteiger partial charge < -0.3 is 10.5 Å². The summed E-state index contributed by atoms with van der Waals surface area (Å²) in [4.78, 5) is 11.2. The molecule has 1 aromatic rings. The van der Waals surface area contributed by atoms with Crippen LogP contribution in [-0.2, 0) is 16.1 Å². The minimum Gasteiger partial charge on any atom is -0.461 e. The summed E-state index contributed by atoms with van der Waals surface area (Å²) in [6.07, 6.45) is 0. The van der Waals surface area contributed by atoms with Crippen LogP contribution < -0.4 is 5.73 Å². The fourth-order valence-electron chi connectivity index (χ4n) is 0.967. The number of carbonyl (C=O) groups excluding carboxylic acids is 1. The van der Waals surface area contributed by atoms with Gasteiger partial charge in [-0.1, -0.05) is 37.3 Å². The maximum Gasteiger partial charge on any atom is 0.310 e. The van der Waals surface area contributed by atoms with E-state index in [1.54, 1.807) is 6.92 Å². The summed E-state index contributed by atoms with van der Waals surface area (Å²) in [5, 5.41) is 0. The van der Waals surface area contributed by atoms with Gasteiger partial charge in [-0.3, -0.25) is 4.79 Å². The number of esters is 1. The molecule has 0 aliphatic carbocycles. The largest absolute Gasteiger partial charge is 0.461 e. The molecule has 1 atom stereocenters. The van der Waals surface area contributed by atoms with Crippen molar-refractivity contribution >= 4 is 5.97 Å². The van der Waals surface area contributed by atoms with Crippen molar-refractivity contribution in [3.05, 3.63) is 35.9 Å². The van der Waals surface area contributed by atoms with Gasteiger partial charge in [0.2, 0.25) is 0 Å². The molecule has 0 aliphatic rings. The second-order valence-corrected chi connectivity index (χ2v) is 3.23.